The predicted molar refractivity (Wildman–Crippen MR) is 197 cm³/mol. The van der Waals surface area contributed by atoms with Crippen LogP contribution in [-0.4, -0.2) is 24.1 Å². The highest BCUT2D eigenvalue weighted by Crippen LogP contribution is 2.42. The van der Waals surface area contributed by atoms with E-state index >= 15 is 0 Å². The van der Waals surface area contributed by atoms with Crippen LogP contribution in [0.3, 0.4) is 0 Å². The van der Waals surface area contributed by atoms with Gasteiger partial charge in [0.2, 0.25) is 5.95 Å². The summed E-state index contributed by atoms with van der Waals surface area (Å²) in [5, 5.41) is 7.07. The summed E-state index contributed by atoms with van der Waals surface area (Å²) in [5.74, 6) is 1.86. The topological polar surface area (TPSA) is 48.5 Å². The largest absolute Gasteiger partial charge is 0.309 e. The minimum Gasteiger partial charge on any atom is -0.309 e. The van der Waals surface area contributed by atoms with Crippen molar-refractivity contribution < 1.29 is 0 Å². The lowest BCUT2D eigenvalue weighted by Crippen LogP contribution is -2.06. The lowest BCUT2D eigenvalue weighted by Gasteiger charge is -2.13. The lowest BCUT2D eigenvalue weighted by molar-refractivity contribution is 0.955. The van der Waals surface area contributed by atoms with Crippen molar-refractivity contribution in [2.45, 2.75) is 0 Å². The Morgan fingerprint density at radius 1 is 0.312 bits per heavy atom. The summed E-state index contributed by atoms with van der Waals surface area (Å²) >= 11 is 0. The van der Waals surface area contributed by atoms with Gasteiger partial charge in [0.15, 0.2) is 11.6 Å². The van der Waals surface area contributed by atoms with E-state index in [1.807, 2.05) is 60.7 Å². The molecule has 0 amide bonds. The minimum absolute atomic E-state index is 0.588. The van der Waals surface area contributed by atoms with Crippen molar-refractivity contribution >= 4 is 54.4 Å². The average Bonchev–Trinajstić information content (AvgIpc) is 3.69. The van der Waals surface area contributed by atoms with Crippen molar-refractivity contribution in [3.8, 4) is 34.4 Å². The summed E-state index contributed by atoms with van der Waals surface area (Å²) in [6.45, 7) is 0. The number of nitrogens with zero attached hydrogens (tertiary/aromatic N) is 5. The maximum atomic E-state index is 5.18. The van der Waals surface area contributed by atoms with Gasteiger partial charge in [-0.1, -0.05) is 140 Å². The normalized spacial score (nSPS) is 11.8. The molecule has 0 aliphatic rings. The van der Waals surface area contributed by atoms with E-state index in [-0.39, 0.29) is 0 Å². The van der Waals surface area contributed by atoms with E-state index in [4.69, 9.17) is 15.0 Å². The van der Waals surface area contributed by atoms with Gasteiger partial charge in [-0.15, -0.1) is 0 Å². The molecule has 0 bridgehead atoms. The summed E-state index contributed by atoms with van der Waals surface area (Å²) < 4.78 is 4.63. The van der Waals surface area contributed by atoms with Gasteiger partial charge >= 0.3 is 0 Å². The third-order valence-corrected chi connectivity index (χ3v) is 9.36. The van der Waals surface area contributed by atoms with Crippen LogP contribution in [-0.2, 0) is 0 Å². The van der Waals surface area contributed by atoms with Gasteiger partial charge in [0.1, 0.15) is 0 Å². The second-order valence-electron chi connectivity index (χ2n) is 12.1. The Morgan fingerprint density at radius 3 is 1.23 bits per heavy atom. The lowest BCUT2D eigenvalue weighted by atomic mass is 10.0. The van der Waals surface area contributed by atoms with Crippen LogP contribution in [0, 0.1) is 0 Å². The Kier molecular flexibility index (Phi) is 5.81. The molecule has 224 valence electrons. The molecule has 0 spiro atoms. The van der Waals surface area contributed by atoms with Crippen molar-refractivity contribution in [1.82, 2.24) is 24.1 Å². The molecule has 5 heteroatoms. The summed E-state index contributed by atoms with van der Waals surface area (Å²) in [6.07, 6.45) is 0. The molecular weight excluding hydrogens is 587 g/mol. The van der Waals surface area contributed by atoms with E-state index in [0.29, 0.717) is 17.6 Å². The van der Waals surface area contributed by atoms with Crippen LogP contribution in [0.1, 0.15) is 0 Å². The molecule has 0 saturated carbocycles. The molecule has 3 heterocycles. The first-order valence-electron chi connectivity index (χ1n) is 16.1. The van der Waals surface area contributed by atoms with Crippen LogP contribution in [0.4, 0.5) is 0 Å². The fourth-order valence-electron chi connectivity index (χ4n) is 7.27. The molecule has 5 nitrogen and oxygen atoms in total. The number of benzene rings is 7. The number of aromatic nitrogens is 5. The Morgan fingerprint density at radius 2 is 0.708 bits per heavy atom. The highest BCUT2D eigenvalue weighted by molar-refractivity contribution is 6.26. The third kappa shape index (κ3) is 3.94. The highest BCUT2D eigenvalue weighted by atomic mass is 15.2. The fraction of sp³-hybridized carbons (Fsp3) is 0. The van der Waals surface area contributed by atoms with Gasteiger partial charge < -0.3 is 4.57 Å². The first-order valence-corrected chi connectivity index (χ1v) is 16.1. The maximum absolute atomic E-state index is 5.18. The van der Waals surface area contributed by atoms with Crippen molar-refractivity contribution in [1.29, 1.82) is 0 Å². The van der Waals surface area contributed by atoms with Gasteiger partial charge in [-0.05, 0) is 24.3 Å². The van der Waals surface area contributed by atoms with Crippen LogP contribution in [0.15, 0.2) is 164 Å². The summed E-state index contributed by atoms with van der Waals surface area (Å²) in [5.41, 5.74) is 7.51. The standard InChI is InChI=1S/C43H27N5/c1-4-14-28(15-5-1)41-44-42(29-16-6-2-7-17-29)46-43(45-41)48-38-23-13-11-21-32(38)34-25-26-35-36(40(34)48)27-24-33-31-20-10-12-22-37(31)47(39(33)35)30-18-8-3-9-19-30/h1-27H. The van der Waals surface area contributed by atoms with Crippen LogP contribution in [0.2, 0.25) is 0 Å². The third-order valence-electron chi connectivity index (χ3n) is 9.36. The molecule has 0 fully saturated rings. The van der Waals surface area contributed by atoms with Crippen molar-refractivity contribution in [2.24, 2.45) is 0 Å². The Hall–Kier alpha value is -6.59. The molecule has 3 aromatic heterocycles. The number of hydrogen-bond donors (Lipinski definition) is 0. The zero-order chi connectivity index (χ0) is 31.6. The average molecular weight is 614 g/mol. The molecule has 0 aliphatic heterocycles. The van der Waals surface area contributed by atoms with Gasteiger partial charge in [-0.2, -0.15) is 9.97 Å². The Labute approximate surface area is 276 Å². The van der Waals surface area contributed by atoms with E-state index < -0.39 is 0 Å². The summed E-state index contributed by atoms with van der Waals surface area (Å²) in [6, 6.07) is 57.3. The highest BCUT2D eigenvalue weighted by Gasteiger charge is 2.22. The van der Waals surface area contributed by atoms with Crippen molar-refractivity contribution in [3.63, 3.8) is 0 Å². The first kappa shape index (κ1) is 26.6. The number of rotatable bonds is 4. The zero-order valence-electron chi connectivity index (χ0n) is 25.8. The molecule has 0 aliphatic carbocycles. The van der Waals surface area contributed by atoms with E-state index in [1.165, 1.54) is 27.2 Å². The van der Waals surface area contributed by atoms with Crippen LogP contribution < -0.4 is 0 Å². The second-order valence-corrected chi connectivity index (χ2v) is 12.1. The van der Waals surface area contributed by atoms with Crippen LogP contribution in [0.5, 0.6) is 0 Å². The van der Waals surface area contributed by atoms with Gasteiger partial charge in [0.05, 0.1) is 22.1 Å². The van der Waals surface area contributed by atoms with Crippen LogP contribution >= 0.6 is 0 Å². The van der Waals surface area contributed by atoms with E-state index in [9.17, 15) is 0 Å². The first-order chi connectivity index (χ1) is 23.8. The zero-order valence-corrected chi connectivity index (χ0v) is 25.8. The molecule has 0 radical (unpaired) electrons. The van der Waals surface area contributed by atoms with Crippen molar-refractivity contribution in [2.75, 3.05) is 0 Å². The van der Waals surface area contributed by atoms with Crippen molar-refractivity contribution in [3.05, 3.63) is 164 Å². The smallest absolute Gasteiger partial charge is 0.238 e. The van der Waals surface area contributed by atoms with Gasteiger partial charge in [0.25, 0.3) is 0 Å². The SMILES string of the molecule is c1ccc(-c2nc(-c3ccccc3)nc(-n3c4ccccc4c4ccc5c(ccc6c7ccccc7n(-c7ccccc7)c65)c43)n2)cc1. The molecule has 7 aromatic carbocycles. The number of para-hydroxylation sites is 3. The number of hydrogen-bond acceptors (Lipinski definition) is 3. The molecule has 0 atom stereocenters. The quantitative estimate of drug-likeness (QED) is 0.198. The Balaban J connectivity index is 1.36. The van der Waals surface area contributed by atoms with E-state index in [1.54, 1.807) is 0 Å². The van der Waals surface area contributed by atoms with Gasteiger partial charge in [-0.25, -0.2) is 4.98 Å². The summed E-state index contributed by atoms with van der Waals surface area (Å²) in [7, 11) is 0. The molecule has 0 saturated heterocycles. The molecule has 0 unspecified atom stereocenters. The minimum atomic E-state index is 0.588. The van der Waals surface area contributed by atoms with E-state index in [0.717, 1.165) is 44.0 Å². The molecule has 10 rings (SSSR count). The van der Waals surface area contributed by atoms with Gasteiger partial charge in [0, 0.05) is 49.1 Å². The number of fused-ring (bicyclic) bond motifs is 9. The Bertz CT molecular complexity index is 2760. The van der Waals surface area contributed by atoms with E-state index in [2.05, 4.69) is 112 Å². The fourth-order valence-corrected chi connectivity index (χ4v) is 7.27. The predicted octanol–water partition coefficient (Wildman–Crippen LogP) is 10.6. The van der Waals surface area contributed by atoms with Gasteiger partial charge in [-0.3, -0.25) is 4.57 Å². The molecule has 10 aromatic rings. The molecule has 48 heavy (non-hydrogen) atoms. The monoisotopic (exact) mass is 613 g/mol. The molecule has 0 N–H and O–H groups in total. The summed E-state index contributed by atoms with van der Waals surface area (Å²) in [4.78, 5) is 15.3. The maximum Gasteiger partial charge on any atom is 0.238 e. The molecular formula is C43H27N5. The van der Waals surface area contributed by atoms with Crippen LogP contribution in [0.25, 0.3) is 88.8 Å². The second kappa shape index (κ2) is 10.5.